The van der Waals surface area contributed by atoms with Crippen LogP contribution in [0.1, 0.15) is 6.42 Å². The highest BCUT2D eigenvalue weighted by atomic mass is 35.5. The van der Waals surface area contributed by atoms with Gasteiger partial charge < -0.3 is 10.6 Å². The Morgan fingerprint density at radius 1 is 1.39 bits per heavy atom. The normalized spacial score (nSPS) is 15.3. The Labute approximate surface area is 106 Å². The third kappa shape index (κ3) is 2.00. The molecule has 0 aromatic heterocycles. The largest absolute Gasteiger partial charge is 0.397 e. The predicted molar refractivity (Wildman–Crippen MR) is 64.5 cm³/mol. The highest BCUT2D eigenvalue weighted by Gasteiger charge is 2.31. The molecule has 2 N–H and O–H groups in total. The van der Waals surface area contributed by atoms with E-state index >= 15 is 0 Å². The van der Waals surface area contributed by atoms with Gasteiger partial charge in [-0.25, -0.2) is 0 Å². The average Bonchev–Trinajstić information content (AvgIpc) is 2.60. The Balaban J connectivity index is 2.47. The van der Waals surface area contributed by atoms with Crippen molar-refractivity contribution in [3.8, 4) is 0 Å². The Kier molecular flexibility index (Phi) is 2.92. The monoisotopic (exact) mass is 269 g/mol. The highest BCUT2D eigenvalue weighted by molar-refractivity contribution is 6.33. The van der Waals surface area contributed by atoms with Crippen LogP contribution < -0.4 is 10.6 Å². The maximum Gasteiger partial charge on any atom is 0.290 e. The predicted octanol–water partition coefficient (Wildman–Crippen LogP) is 1.14. The molecule has 0 saturated carbocycles. The summed E-state index contributed by atoms with van der Waals surface area (Å²) < 4.78 is 0. The van der Waals surface area contributed by atoms with E-state index in [1.165, 1.54) is 11.0 Å². The number of nitro benzene ring substituents is 1. The number of Topliss-reactive ketones (excluding diaryl/α,β-unsaturated/α-hetero) is 1. The lowest BCUT2D eigenvalue weighted by atomic mass is 10.2. The van der Waals surface area contributed by atoms with E-state index in [0.29, 0.717) is 0 Å². The minimum absolute atomic E-state index is 0.0363. The Morgan fingerprint density at radius 3 is 2.56 bits per heavy atom. The number of carbonyl (C=O) groups excluding carboxylic acids is 2. The second-order valence-electron chi connectivity index (χ2n) is 3.81. The SMILES string of the molecule is Nc1cc([N+](=O)[O-])c(Cl)cc1N1CC(=O)CC1=O. The maximum atomic E-state index is 11.5. The Bertz CT molecular complexity index is 572. The fourth-order valence-electron chi connectivity index (χ4n) is 1.75. The quantitative estimate of drug-likeness (QED) is 0.375. The van der Waals surface area contributed by atoms with Crippen molar-refractivity contribution in [1.29, 1.82) is 0 Å². The number of nitrogens with two attached hydrogens (primary N) is 1. The van der Waals surface area contributed by atoms with Crippen molar-refractivity contribution in [2.24, 2.45) is 0 Å². The van der Waals surface area contributed by atoms with Crippen LogP contribution in [0.25, 0.3) is 0 Å². The topological polar surface area (TPSA) is 107 Å². The molecule has 0 unspecified atom stereocenters. The minimum Gasteiger partial charge on any atom is -0.397 e. The van der Waals surface area contributed by atoms with Crippen molar-refractivity contribution in [1.82, 2.24) is 0 Å². The van der Waals surface area contributed by atoms with Gasteiger partial charge in [-0.3, -0.25) is 19.7 Å². The zero-order chi connectivity index (χ0) is 13.4. The van der Waals surface area contributed by atoms with Gasteiger partial charge in [-0.2, -0.15) is 0 Å². The molecule has 0 bridgehead atoms. The highest BCUT2D eigenvalue weighted by Crippen LogP contribution is 2.35. The van der Waals surface area contributed by atoms with Crippen LogP contribution in [-0.4, -0.2) is 23.2 Å². The van der Waals surface area contributed by atoms with Crippen LogP contribution in [0.3, 0.4) is 0 Å². The van der Waals surface area contributed by atoms with Crippen molar-refractivity contribution in [3.05, 3.63) is 27.3 Å². The zero-order valence-corrected chi connectivity index (χ0v) is 9.81. The Hall–Kier alpha value is -2.15. The molecule has 1 fully saturated rings. The number of rotatable bonds is 2. The summed E-state index contributed by atoms with van der Waals surface area (Å²) in [6.07, 6.45) is -0.186. The fraction of sp³-hybridized carbons (Fsp3) is 0.200. The number of nitrogen functional groups attached to an aromatic ring is 1. The molecular weight excluding hydrogens is 262 g/mol. The van der Waals surface area contributed by atoms with Crippen LogP contribution in [0.5, 0.6) is 0 Å². The smallest absolute Gasteiger partial charge is 0.290 e. The van der Waals surface area contributed by atoms with E-state index in [0.717, 1.165) is 6.07 Å². The lowest BCUT2D eigenvalue weighted by molar-refractivity contribution is -0.384. The van der Waals surface area contributed by atoms with Crippen LogP contribution >= 0.6 is 11.6 Å². The first kappa shape index (κ1) is 12.3. The number of ketones is 1. The van der Waals surface area contributed by atoms with Gasteiger partial charge in [0.25, 0.3) is 5.69 Å². The van der Waals surface area contributed by atoms with Crippen molar-refractivity contribution in [2.45, 2.75) is 6.42 Å². The molecule has 0 aliphatic carbocycles. The van der Waals surface area contributed by atoms with Gasteiger partial charge >= 0.3 is 0 Å². The summed E-state index contributed by atoms with van der Waals surface area (Å²) in [5, 5.41) is 10.5. The molecule has 0 spiro atoms. The number of hydrogen-bond acceptors (Lipinski definition) is 5. The van der Waals surface area contributed by atoms with Crippen LogP contribution in [-0.2, 0) is 9.59 Å². The summed E-state index contributed by atoms with van der Waals surface area (Å²) in [4.78, 5) is 33.9. The number of halogens is 1. The molecule has 0 radical (unpaired) electrons. The van der Waals surface area contributed by atoms with Gasteiger partial charge in [0, 0.05) is 6.07 Å². The minimum atomic E-state index is -0.667. The molecule has 8 heteroatoms. The number of benzene rings is 1. The summed E-state index contributed by atoms with van der Waals surface area (Å²) >= 11 is 5.74. The van der Waals surface area contributed by atoms with Crippen LogP contribution in [0.4, 0.5) is 17.1 Å². The molecule has 1 saturated heterocycles. The van der Waals surface area contributed by atoms with Crippen LogP contribution in [0.15, 0.2) is 12.1 Å². The van der Waals surface area contributed by atoms with E-state index in [4.69, 9.17) is 17.3 Å². The molecule has 94 valence electrons. The molecule has 2 rings (SSSR count). The molecule has 1 aromatic rings. The standard InChI is InChI=1S/C10H8ClN3O4/c11-6-2-9(7(12)3-8(6)14(17)18)13-4-5(15)1-10(13)16/h2-3H,1,4,12H2. The second kappa shape index (κ2) is 4.26. The third-order valence-electron chi connectivity index (χ3n) is 2.57. The first-order chi connectivity index (χ1) is 8.40. The lowest BCUT2D eigenvalue weighted by Gasteiger charge is -2.17. The van der Waals surface area contributed by atoms with Gasteiger partial charge in [0.15, 0.2) is 5.78 Å². The van der Waals surface area contributed by atoms with E-state index in [2.05, 4.69) is 0 Å². The number of amides is 1. The maximum absolute atomic E-state index is 11.5. The summed E-state index contributed by atoms with van der Waals surface area (Å²) in [7, 11) is 0. The molecule has 18 heavy (non-hydrogen) atoms. The summed E-state index contributed by atoms with van der Waals surface area (Å²) in [5.74, 6) is -0.620. The van der Waals surface area contributed by atoms with E-state index in [-0.39, 0.29) is 40.8 Å². The van der Waals surface area contributed by atoms with Crippen molar-refractivity contribution >= 4 is 40.4 Å². The van der Waals surface area contributed by atoms with Gasteiger partial charge in [-0.15, -0.1) is 0 Å². The summed E-state index contributed by atoms with van der Waals surface area (Å²) in [6, 6.07) is 2.30. The van der Waals surface area contributed by atoms with Crippen LogP contribution in [0.2, 0.25) is 5.02 Å². The molecule has 1 aliphatic heterocycles. The molecule has 0 atom stereocenters. The fourth-order valence-corrected chi connectivity index (χ4v) is 1.97. The van der Waals surface area contributed by atoms with Crippen LogP contribution in [0, 0.1) is 10.1 Å². The van der Waals surface area contributed by atoms with Crippen molar-refractivity contribution in [3.63, 3.8) is 0 Å². The first-order valence-corrected chi connectivity index (χ1v) is 5.33. The summed E-state index contributed by atoms with van der Waals surface area (Å²) in [5.41, 5.74) is 5.57. The molecule has 7 nitrogen and oxygen atoms in total. The van der Waals surface area contributed by atoms with Crippen molar-refractivity contribution < 1.29 is 14.5 Å². The molecule has 1 heterocycles. The number of nitrogens with zero attached hydrogens (tertiary/aromatic N) is 2. The van der Waals surface area contributed by atoms with Gasteiger partial charge in [0.05, 0.1) is 29.3 Å². The van der Waals surface area contributed by atoms with Gasteiger partial charge in [0.1, 0.15) is 5.02 Å². The number of anilines is 2. The molecule has 1 amide bonds. The second-order valence-corrected chi connectivity index (χ2v) is 4.22. The van der Waals surface area contributed by atoms with E-state index < -0.39 is 10.8 Å². The number of hydrogen-bond donors (Lipinski definition) is 1. The van der Waals surface area contributed by atoms with Gasteiger partial charge in [0.2, 0.25) is 5.91 Å². The molecule has 1 aromatic carbocycles. The van der Waals surface area contributed by atoms with E-state index in [1.807, 2.05) is 0 Å². The van der Waals surface area contributed by atoms with Gasteiger partial charge in [-0.1, -0.05) is 11.6 Å². The lowest BCUT2D eigenvalue weighted by Crippen LogP contribution is -2.25. The first-order valence-electron chi connectivity index (χ1n) is 4.95. The Morgan fingerprint density at radius 2 is 2.06 bits per heavy atom. The molecular formula is C10H8ClN3O4. The third-order valence-corrected chi connectivity index (χ3v) is 2.87. The summed E-state index contributed by atoms with van der Waals surface area (Å²) in [6.45, 7) is -0.0861. The van der Waals surface area contributed by atoms with E-state index in [9.17, 15) is 19.7 Å². The average molecular weight is 270 g/mol. The number of nitro groups is 1. The zero-order valence-electron chi connectivity index (χ0n) is 9.05. The van der Waals surface area contributed by atoms with Gasteiger partial charge in [-0.05, 0) is 6.07 Å². The van der Waals surface area contributed by atoms with E-state index in [1.54, 1.807) is 0 Å². The number of carbonyl (C=O) groups is 2. The molecule has 1 aliphatic rings. The van der Waals surface area contributed by atoms with Crippen molar-refractivity contribution in [2.75, 3.05) is 17.2 Å².